The van der Waals surface area contributed by atoms with Gasteiger partial charge in [-0.3, -0.25) is 10.00 Å². The van der Waals surface area contributed by atoms with E-state index in [1.54, 1.807) is 12.1 Å². The lowest BCUT2D eigenvalue weighted by molar-refractivity contribution is 0.174. The van der Waals surface area contributed by atoms with E-state index in [2.05, 4.69) is 21.2 Å². The van der Waals surface area contributed by atoms with Gasteiger partial charge in [0, 0.05) is 42.9 Å². The van der Waals surface area contributed by atoms with Crippen molar-refractivity contribution in [3.63, 3.8) is 0 Å². The van der Waals surface area contributed by atoms with Gasteiger partial charge in [0.2, 0.25) is 6.79 Å². The molecule has 0 aliphatic carbocycles. The molecule has 0 radical (unpaired) electrons. The van der Waals surface area contributed by atoms with Gasteiger partial charge < -0.3 is 9.47 Å². The minimum Gasteiger partial charge on any atom is -0.454 e. The largest absolute Gasteiger partial charge is 0.454 e. The fourth-order valence-corrected chi connectivity index (χ4v) is 3.70. The molecule has 0 fully saturated rings. The summed E-state index contributed by atoms with van der Waals surface area (Å²) < 4.78 is 23.9. The van der Waals surface area contributed by atoms with Crippen LogP contribution < -0.4 is 9.47 Å². The fourth-order valence-electron chi connectivity index (χ4n) is 3.70. The molecule has 0 bridgehead atoms. The van der Waals surface area contributed by atoms with Gasteiger partial charge in [-0.25, -0.2) is 4.39 Å². The maximum atomic E-state index is 13.0. The number of ether oxygens (including phenoxy) is 2. The number of benzene rings is 2. The lowest BCUT2D eigenvalue weighted by Crippen LogP contribution is -2.30. The van der Waals surface area contributed by atoms with E-state index >= 15 is 0 Å². The van der Waals surface area contributed by atoms with E-state index in [1.165, 1.54) is 23.4 Å². The van der Waals surface area contributed by atoms with Crippen LogP contribution in [0.15, 0.2) is 48.5 Å². The zero-order valence-corrected chi connectivity index (χ0v) is 15.3. The fraction of sp³-hybridized carbons (Fsp3) is 0.227. The summed E-state index contributed by atoms with van der Waals surface area (Å²) >= 11 is 0. The topological polar surface area (TPSA) is 50.4 Å². The summed E-state index contributed by atoms with van der Waals surface area (Å²) in [6.45, 7) is 2.92. The molecule has 0 saturated carbocycles. The molecule has 5 nitrogen and oxygen atoms in total. The van der Waals surface area contributed by atoms with Gasteiger partial charge in [0.1, 0.15) is 5.82 Å². The summed E-state index contributed by atoms with van der Waals surface area (Å²) in [5.41, 5.74) is 5.45. The zero-order chi connectivity index (χ0) is 18.9. The standard InChI is InChI=1S/C22H20FN3O2/c23-17-6-3-15(4-7-17)2-1-10-26-11-9-19-18(13-26)22(25-24-19)16-5-8-20-21(12-16)28-14-27-20/h1-8,12H,9-11,13-14H2,(H,24,25). The second-order valence-electron chi connectivity index (χ2n) is 7.04. The molecule has 2 aliphatic rings. The molecule has 28 heavy (non-hydrogen) atoms. The molecule has 1 aromatic heterocycles. The van der Waals surface area contributed by atoms with E-state index < -0.39 is 0 Å². The molecule has 6 heteroatoms. The molecule has 1 N–H and O–H groups in total. The molecule has 0 unspecified atom stereocenters. The minimum atomic E-state index is -0.211. The van der Waals surface area contributed by atoms with E-state index in [1.807, 2.05) is 24.3 Å². The molecule has 2 aromatic carbocycles. The van der Waals surface area contributed by atoms with Crippen LogP contribution in [0.5, 0.6) is 11.5 Å². The summed E-state index contributed by atoms with van der Waals surface area (Å²) in [5.74, 6) is 1.33. The quantitative estimate of drug-likeness (QED) is 0.746. The Hall–Kier alpha value is -3.12. The predicted octanol–water partition coefficient (Wildman–Crippen LogP) is 4.02. The van der Waals surface area contributed by atoms with Crippen molar-refractivity contribution < 1.29 is 13.9 Å². The molecule has 3 heterocycles. The Labute approximate surface area is 162 Å². The summed E-state index contributed by atoms with van der Waals surface area (Å²) in [5, 5.41) is 7.76. The van der Waals surface area contributed by atoms with Crippen molar-refractivity contribution in [2.75, 3.05) is 19.9 Å². The highest BCUT2D eigenvalue weighted by Gasteiger charge is 2.23. The molecule has 5 rings (SSSR count). The monoisotopic (exact) mass is 377 g/mol. The van der Waals surface area contributed by atoms with Crippen molar-refractivity contribution in [2.24, 2.45) is 0 Å². The first-order chi connectivity index (χ1) is 13.8. The Morgan fingerprint density at radius 2 is 1.96 bits per heavy atom. The van der Waals surface area contributed by atoms with Gasteiger partial charge in [-0.15, -0.1) is 0 Å². The van der Waals surface area contributed by atoms with Crippen molar-refractivity contribution in [1.29, 1.82) is 0 Å². The number of nitrogens with zero attached hydrogens (tertiary/aromatic N) is 2. The Bertz CT molecular complexity index is 1030. The van der Waals surface area contributed by atoms with Crippen LogP contribution in [-0.4, -0.2) is 35.0 Å². The first kappa shape index (κ1) is 17.0. The number of hydrogen-bond donors (Lipinski definition) is 1. The van der Waals surface area contributed by atoms with E-state index in [9.17, 15) is 4.39 Å². The molecule has 0 spiro atoms. The lowest BCUT2D eigenvalue weighted by Gasteiger charge is -2.25. The van der Waals surface area contributed by atoms with Crippen LogP contribution in [0.2, 0.25) is 0 Å². The smallest absolute Gasteiger partial charge is 0.231 e. The molecule has 142 valence electrons. The lowest BCUT2D eigenvalue weighted by atomic mass is 10.0. The highest BCUT2D eigenvalue weighted by atomic mass is 19.1. The zero-order valence-electron chi connectivity index (χ0n) is 15.3. The van der Waals surface area contributed by atoms with Crippen molar-refractivity contribution in [3.05, 3.63) is 71.2 Å². The summed E-state index contributed by atoms with van der Waals surface area (Å²) in [4.78, 5) is 2.38. The number of halogens is 1. The van der Waals surface area contributed by atoms with Crippen molar-refractivity contribution in [2.45, 2.75) is 13.0 Å². The van der Waals surface area contributed by atoms with Gasteiger partial charge in [-0.2, -0.15) is 5.10 Å². The molecule has 0 amide bonds. The first-order valence-electron chi connectivity index (χ1n) is 9.37. The van der Waals surface area contributed by atoms with Crippen molar-refractivity contribution in [3.8, 4) is 22.8 Å². The number of nitrogens with one attached hydrogen (secondary N) is 1. The van der Waals surface area contributed by atoms with Crippen LogP contribution in [0, 0.1) is 5.82 Å². The Morgan fingerprint density at radius 1 is 1.11 bits per heavy atom. The van der Waals surface area contributed by atoms with Gasteiger partial charge >= 0.3 is 0 Å². The minimum absolute atomic E-state index is 0.211. The van der Waals surface area contributed by atoms with Gasteiger partial charge in [-0.05, 0) is 35.9 Å². The molecular formula is C22H20FN3O2. The number of rotatable bonds is 4. The average molecular weight is 377 g/mol. The summed E-state index contributed by atoms with van der Waals surface area (Å²) in [7, 11) is 0. The van der Waals surface area contributed by atoms with Crippen LogP contribution in [0.3, 0.4) is 0 Å². The highest BCUT2D eigenvalue weighted by Crippen LogP contribution is 2.37. The third-order valence-electron chi connectivity index (χ3n) is 5.20. The molecule has 0 saturated heterocycles. The van der Waals surface area contributed by atoms with Crippen LogP contribution in [-0.2, 0) is 13.0 Å². The predicted molar refractivity (Wildman–Crippen MR) is 105 cm³/mol. The number of aromatic nitrogens is 2. The van der Waals surface area contributed by atoms with Crippen LogP contribution in [0.25, 0.3) is 17.3 Å². The Morgan fingerprint density at radius 3 is 2.86 bits per heavy atom. The first-order valence-corrected chi connectivity index (χ1v) is 9.37. The van der Waals surface area contributed by atoms with Crippen LogP contribution in [0.4, 0.5) is 4.39 Å². The molecule has 2 aliphatic heterocycles. The average Bonchev–Trinajstić information content (AvgIpc) is 3.35. The maximum absolute atomic E-state index is 13.0. The number of fused-ring (bicyclic) bond motifs is 2. The molecule has 3 aromatic rings. The number of H-pyrrole nitrogens is 1. The number of aromatic amines is 1. The van der Waals surface area contributed by atoms with Crippen LogP contribution >= 0.6 is 0 Å². The van der Waals surface area contributed by atoms with Gasteiger partial charge in [-0.1, -0.05) is 24.3 Å². The summed E-state index contributed by atoms with van der Waals surface area (Å²) in [6.07, 6.45) is 5.10. The van der Waals surface area contributed by atoms with E-state index in [-0.39, 0.29) is 12.6 Å². The highest BCUT2D eigenvalue weighted by molar-refractivity contribution is 5.68. The summed E-state index contributed by atoms with van der Waals surface area (Å²) in [6, 6.07) is 12.5. The number of hydrogen-bond acceptors (Lipinski definition) is 4. The van der Waals surface area contributed by atoms with E-state index in [0.717, 1.165) is 54.4 Å². The third-order valence-corrected chi connectivity index (χ3v) is 5.20. The Balaban J connectivity index is 1.31. The van der Waals surface area contributed by atoms with Crippen LogP contribution in [0.1, 0.15) is 16.8 Å². The second-order valence-corrected chi connectivity index (χ2v) is 7.04. The van der Waals surface area contributed by atoms with Gasteiger partial charge in [0.25, 0.3) is 0 Å². The van der Waals surface area contributed by atoms with Gasteiger partial charge in [0.05, 0.1) is 5.69 Å². The Kier molecular flexibility index (Phi) is 4.33. The second kappa shape index (κ2) is 7.13. The molecular weight excluding hydrogens is 357 g/mol. The maximum Gasteiger partial charge on any atom is 0.231 e. The van der Waals surface area contributed by atoms with E-state index in [0.29, 0.717) is 0 Å². The van der Waals surface area contributed by atoms with Crippen molar-refractivity contribution >= 4 is 6.08 Å². The SMILES string of the molecule is Fc1ccc(C=CCN2CCc3[nH]nc(-c4ccc5c(c4)OCO5)c3C2)cc1. The van der Waals surface area contributed by atoms with E-state index in [4.69, 9.17) is 9.47 Å². The molecule has 0 atom stereocenters. The van der Waals surface area contributed by atoms with Gasteiger partial charge in [0.15, 0.2) is 11.5 Å². The third kappa shape index (κ3) is 3.27. The van der Waals surface area contributed by atoms with Crippen molar-refractivity contribution in [1.82, 2.24) is 15.1 Å². The normalized spacial score (nSPS) is 15.9.